The summed E-state index contributed by atoms with van der Waals surface area (Å²) in [6.07, 6.45) is -3.42. The number of hydrogen-bond donors (Lipinski definition) is 1. The van der Waals surface area contributed by atoms with E-state index in [1.54, 1.807) is 41.5 Å². The summed E-state index contributed by atoms with van der Waals surface area (Å²) >= 11 is 0. The van der Waals surface area contributed by atoms with Crippen molar-refractivity contribution in [3.63, 3.8) is 0 Å². The fraction of sp³-hybridized carbons (Fsp3) is 0.467. The molecule has 0 bridgehead atoms. The van der Waals surface area contributed by atoms with Crippen molar-refractivity contribution in [3.8, 4) is 5.75 Å². The fourth-order valence-electron chi connectivity index (χ4n) is 4.33. The molecule has 1 aromatic carbocycles. The van der Waals surface area contributed by atoms with Gasteiger partial charge in [-0.05, 0) is 84.0 Å². The Morgan fingerprint density at radius 3 is 2.16 bits per heavy atom. The highest BCUT2D eigenvalue weighted by molar-refractivity contribution is 6.09. The Bertz CT molecular complexity index is 1470. The van der Waals surface area contributed by atoms with E-state index in [4.69, 9.17) is 14.2 Å². The summed E-state index contributed by atoms with van der Waals surface area (Å²) in [6, 6.07) is 6.41. The molecule has 1 saturated carbocycles. The van der Waals surface area contributed by atoms with Gasteiger partial charge < -0.3 is 19.5 Å². The van der Waals surface area contributed by atoms with Gasteiger partial charge in [0.15, 0.2) is 0 Å². The zero-order valence-electron chi connectivity index (χ0n) is 24.7. The van der Waals surface area contributed by atoms with Crippen molar-refractivity contribution in [2.24, 2.45) is 0 Å². The molecule has 0 aliphatic heterocycles. The van der Waals surface area contributed by atoms with Gasteiger partial charge in [-0.1, -0.05) is 0 Å². The number of ether oxygens (including phenoxy) is 3. The molecule has 3 aromatic rings. The Morgan fingerprint density at radius 2 is 1.58 bits per heavy atom. The molecule has 1 aliphatic carbocycles. The lowest BCUT2D eigenvalue weighted by atomic mass is 9.89. The maximum absolute atomic E-state index is 15.1. The molecule has 0 spiro atoms. The lowest BCUT2D eigenvalue weighted by molar-refractivity contribution is -0.141. The highest BCUT2D eigenvalue weighted by Crippen LogP contribution is 2.33. The van der Waals surface area contributed by atoms with Gasteiger partial charge in [-0.25, -0.2) is 19.0 Å². The zero-order valence-corrected chi connectivity index (χ0v) is 24.7. The number of rotatable bonds is 6. The van der Waals surface area contributed by atoms with Crippen molar-refractivity contribution in [1.29, 1.82) is 0 Å². The zero-order chi connectivity index (χ0) is 31.7. The molecular formula is C30H34F4N4O5. The van der Waals surface area contributed by atoms with Gasteiger partial charge in [-0.2, -0.15) is 18.1 Å². The minimum absolute atomic E-state index is 0.0745. The monoisotopic (exact) mass is 606 g/mol. The van der Waals surface area contributed by atoms with Gasteiger partial charge in [0.1, 0.15) is 40.4 Å². The maximum Gasteiger partial charge on any atom is 0.433 e. The van der Waals surface area contributed by atoms with Crippen LogP contribution in [0.3, 0.4) is 0 Å². The van der Waals surface area contributed by atoms with Gasteiger partial charge in [-0.3, -0.25) is 4.98 Å². The van der Waals surface area contributed by atoms with Gasteiger partial charge in [0, 0.05) is 42.0 Å². The number of nitrogens with one attached hydrogen (secondary N) is 1. The minimum atomic E-state index is -4.57. The first kappa shape index (κ1) is 31.9. The van der Waals surface area contributed by atoms with Crippen LogP contribution in [-0.4, -0.2) is 45.5 Å². The van der Waals surface area contributed by atoms with E-state index in [1.165, 1.54) is 30.5 Å². The van der Waals surface area contributed by atoms with Crippen molar-refractivity contribution < 1.29 is 41.4 Å². The molecule has 2 heterocycles. The highest BCUT2D eigenvalue weighted by Gasteiger charge is 2.36. The first-order valence-electron chi connectivity index (χ1n) is 13.7. The third-order valence-corrected chi connectivity index (χ3v) is 6.31. The van der Waals surface area contributed by atoms with Gasteiger partial charge >= 0.3 is 18.4 Å². The predicted octanol–water partition coefficient (Wildman–Crippen LogP) is 7.16. The summed E-state index contributed by atoms with van der Waals surface area (Å²) in [7, 11) is 0. The molecule has 1 fully saturated rings. The van der Waals surface area contributed by atoms with Crippen LogP contribution in [0.5, 0.6) is 5.75 Å². The molecular weight excluding hydrogens is 572 g/mol. The van der Waals surface area contributed by atoms with E-state index < -0.39 is 41.1 Å². The minimum Gasteiger partial charge on any atom is -0.490 e. The quantitative estimate of drug-likeness (QED) is 0.295. The van der Waals surface area contributed by atoms with Crippen molar-refractivity contribution in [2.75, 3.05) is 4.90 Å². The smallest absolute Gasteiger partial charge is 0.433 e. The summed E-state index contributed by atoms with van der Waals surface area (Å²) in [4.78, 5) is 34.4. The van der Waals surface area contributed by atoms with Gasteiger partial charge in [0.05, 0.1) is 0 Å². The molecule has 2 amide bonds. The van der Waals surface area contributed by atoms with Crippen LogP contribution in [0.25, 0.3) is 10.8 Å². The van der Waals surface area contributed by atoms with Crippen LogP contribution >= 0.6 is 0 Å². The molecule has 0 radical (unpaired) electrons. The number of carbonyl (C=O) groups is 2. The van der Waals surface area contributed by atoms with Crippen LogP contribution in [0.4, 0.5) is 33.0 Å². The maximum atomic E-state index is 15.1. The van der Waals surface area contributed by atoms with Crippen LogP contribution in [-0.2, 0) is 22.2 Å². The van der Waals surface area contributed by atoms with E-state index in [-0.39, 0.29) is 35.8 Å². The number of carbonyl (C=O) groups excluding carboxylic acids is 2. The number of imide groups is 1. The average Bonchev–Trinajstić information content (AvgIpc) is 2.83. The van der Waals surface area contributed by atoms with Crippen molar-refractivity contribution in [1.82, 2.24) is 15.3 Å². The fourth-order valence-corrected chi connectivity index (χ4v) is 4.33. The molecule has 13 heteroatoms. The second-order valence-corrected chi connectivity index (χ2v) is 12.2. The molecule has 9 nitrogen and oxygen atoms in total. The Balaban J connectivity index is 1.50. The second-order valence-electron chi connectivity index (χ2n) is 12.2. The number of halogens is 4. The largest absolute Gasteiger partial charge is 0.490 e. The second kappa shape index (κ2) is 11.9. The van der Waals surface area contributed by atoms with Crippen LogP contribution in [0, 0.1) is 5.82 Å². The molecule has 0 saturated heterocycles. The Hall–Kier alpha value is -4.00. The number of nitrogens with zero attached hydrogens (tertiary/aromatic N) is 3. The Labute approximate surface area is 246 Å². The molecule has 43 heavy (non-hydrogen) atoms. The number of pyridine rings is 2. The lowest BCUT2D eigenvalue weighted by Crippen LogP contribution is -2.46. The van der Waals surface area contributed by atoms with E-state index in [1.807, 2.05) is 0 Å². The first-order valence-corrected chi connectivity index (χ1v) is 13.7. The number of anilines is 1. The van der Waals surface area contributed by atoms with Crippen molar-refractivity contribution >= 4 is 28.8 Å². The summed E-state index contributed by atoms with van der Waals surface area (Å²) < 4.78 is 70.4. The summed E-state index contributed by atoms with van der Waals surface area (Å²) in [6.45, 7) is 10.00. The molecule has 0 unspecified atom stereocenters. The summed E-state index contributed by atoms with van der Waals surface area (Å²) in [5.41, 5.74) is -2.59. The number of aromatic nitrogens is 2. The van der Waals surface area contributed by atoms with Crippen LogP contribution < -0.4 is 15.0 Å². The van der Waals surface area contributed by atoms with Gasteiger partial charge in [0.2, 0.25) is 0 Å². The molecule has 1 N–H and O–H groups in total. The predicted molar refractivity (Wildman–Crippen MR) is 150 cm³/mol. The third-order valence-electron chi connectivity index (χ3n) is 6.31. The van der Waals surface area contributed by atoms with Crippen LogP contribution in [0.15, 0.2) is 42.7 Å². The average molecular weight is 607 g/mol. The van der Waals surface area contributed by atoms with E-state index in [0.717, 1.165) is 12.3 Å². The normalized spacial score (nSPS) is 17.3. The molecule has 4 rings (SSSR count). The van der Waals surface area contributed by atoms with Gasteiger partial charge in [0.25, 0.3) is 0 Å². The van der Waals surface area contributed by atoms with Gasteiger partial charge in [-0.15, -0.1) is 0 Å². The Kier molecular flexibility index (Phi) is 8.87. The molecule has 232 valence electrons. The van der Waals surface area contributed by atoms with E-state index >= 15 is 4.39 Å². The number of fused-ring (bicyclic) bond motifs is 1. The van der Waals surface area contributed by atoms with Crippen molar-refractivity contribution in [2.45, 2.75) is 90.5 Å². The molecule has 1 aliphatic rings. The number of benzene rings is 1. The third kappa shape index (κ3) is 8.31. The van der Waals surface area contributed by atoms with E-state index in [0.29, 0.717) is 28.5 Å². The van der Waals surface area contributed by atoms with Crippen LogP contribution in [0.2, 0.25) is 0 Å². The lowest BCUT2D eigenvalue weighted by Gasteiger charge is -2.36. The number of alkyl halides is 3. The SMILES string of the molecule is CC(C)(C)OC(=O)N(C(=O)OC(C)(C)C)c1cc2c(CNC3CC(Oc4ccnc(C(F)(F)F)c4)C3)c(F)ccc2cn1. The summed E-state index contributed by atoms with van der Waals surface area (Å²) in [5.74, 6) is -0.539. The molecule has 2 aromatic heterocycles. The van der Waals surface area contributed by atoms with Crippen molar-refractivity contribution in [3.05, 3.63) is 59.8 Å². The standard InChI is InChI=1S/C30H34F4N4O5/c1-28(2,3)42-26(39)38(27(40)43-29(4,5)6)25-14-21-17(15-37-25)7-8-23(31)22(21)16-36-18-11-20(12-18)41-19-9-10-35-24(13-19)30(32,33)34/h7-10,13-15,18,20,36H,11-12,16H2,1-6H3. The number of amides is 2. The molecule has 0 atom stereocenters. The number of hydrogen-bond acceptors (Lipinski definition) is 8. The van der Waals surface area contributed by atoms with E-state index in [2.05, 4.69) is 15.3 Å². The highest BCUT2D eigenvalue weighted by atomic mass is 19.4. The Morgan fingerprint density at radius 1 is 0.953 bits per heavy atom. The van der Waals surface area contributed by atoms with E-state index in [9.17, 15) is 22.8 Å². The summed E-state index contributed by atoms with van der Waals surface area (Å²) in [5, 5.41) is 4.23. The van der Waals surface area contributed by atoms with Crippen LogP contribution in [0.1, 0.15) is 65.6 Å². The topological polar surface area (TPSA) is 103 Å². The first-order chi connectivity index (χ1) is 19.9.